The first kappa shape index (κ1) is 23.8. The molecule has 0 bridgehead atoms. The lowest BCUT2D eigenvalue weighted by atomic mass is 10.3. The van der Waals surface area contributed by atoms with Crippen molar-refractivity contribution in [2.45, 2.75) is 25.4 Å². The summed E-state index contributed by atoms with van der Waals surface area (Å²) in [5.74, 6) is 2.48. The molecule has 0 saturated carbocycles. The molecular weight excluding hydrogens is 461 g/mol. The molecule has 1 aliphatic rings. The molecule has 8 heteroatoms. The predicted molar refractivity (Wildman–Crippen MR) is 118 cm³/mol. The lowest BCUT2D eigenvalue weighted by Crippen LogP contribution is -2.38. The second-order valence-electron chi connectivity index (χ2n) is 6.01. The van der Waals surface area contributed by atoms with Gasteiger partial charge in [-0.1, -0.05) is 0 Å². The van der Waals surface area contributed by atoms with E-state index in [2.05, 4.69) is 15.6 Å². The maximum atomic E-state index is 5.74. The zero-order chi connectivity index (χ0) is 18.5. The molecule has 0 spiro atoms. The van der Waals surface area contributed by atoms with E-state index >= 15 is 0 Å². The first-order valence-corrected chi connectivity index (χ1v) is 9.22. The number of guanidine groups is 1. The number of aliphatic imine (C=N–C) groups is 1. The summed E-state index contributed by atoms with van der Waals surface area (Å²) in [4.78, 5) is 4.22. The van der Waals surface area contributed by atoms with Crippen LogP contribution in [0.25, 0.3) is 0 Å². The molecule has 1 heterocycles. The lowest BCUT2D eigenvalue weighted by Gasteiger charge is -2.13. The van der Waals surface area contributed by atoms with Crippen molar-refractivity contribution in [2.24, 2.45) is 4.99 Å². The van der Waals surface area contributed by atoms with Crippen LogP contribution in [-0.4, -0.2) is 65.7 Å². The van der Waals surface area contributed by atoms with Crippen LogP contribution in [0.2, 0.25) is 0 Å². The third-order valence-corrected chi connectivity index (χ3v) is 4.02. The molecule has 27 heavy (non-hydrogen) atoms. The van der Waals surface area contributed by atoms with Crippen molar-refractivity contribution in [3.05, 3.63) is 24.3 Å². The second kappa shape index (κ2) is 14.8. The number of methoxy groups -OCH3 is 1. The Balaban J connectivity index is 0.00000364. The molecule has 2 N–H and O–H groups in total. The van der Waals surface area contributed by atoms with Gasteiger partial charge in [-0.15, -0.1) is 24.0 Å². The minimum absolute atomic E-state index is 0. The largest absolute Gasteiger partial charge is 0.497 e. The highest BCUT2D eigenvalue weighted by Gasteiger charge is 2.15. The Bertz CT molecular complexity index is 522. The maximum absolute atomic E-state index is 5.74. The SMILES string of the molecule is CN=C(NCCCOc1ccc(OC)cc1)NCCCOC1CCOC1.I. The first-order chi connectivity index (χ1) is 12.8. The summed E-state index contributed by atoms with van der Waals surface area (Å²) < 4.78 is 21.9. The number of hydrogen-bond donors (Lipinski definition) is 2. The van der Waals surface area contributed by atoms with Gasteiger partial charge in [0.2, 0.25) is 0 Å². The van der Waals surface area contributed by atoms with Crippen molar-refractivity contribution in [2.75, 3.05) is 53.7 Å². The van der Waals surface area contributed by atoms with E-state index in [0.717, 1.165) is 69.6 Å². The molecular formula is C19H32IN3O4. The van der Waals surface area contributed by atoms with Gasteiger partial charge in [0.1, 0.15) is 11.5 Å². The minimum Gasteiger partial charge on any atom is -0.497 e. The van der Waals surface area contributed by atoms with Crippen LogP contribution < -0.4 is 20.1 Å². The third-order valence-electron chi connectivity index (χ3n) is 4.02. The Morgan fingerprint density at radius 2 is 1.78 bits per heavy atom. The molecule has 0 radical (unpaired) electrons. The number of halogens is 1. The Kier molecular flexibility index (Phi) is 13.0. The monoisotopic (exact) mass is 493 g/mol. The molecule has 0 aliphatic carbocycles. The lowest BCUT2D eigenvalue weighted by molar-refractivity contribution is 0.0420. The van der Waals surface area contributed by atoms with Gasteiger partial charge in [0.05, 0.1) is 26.4 Å². The summed E-state index contributed by atoms with van der Waals surface area (Å²) in [7, 11) is 3.43. The Hall–Kier alpha value is -1.26. The van der Waals surface area contributed by atoms with E-state index < -0.39 is 0 Å². The van der Waals surface area contributed by atoms with E-state index in [4.69, 9.17) is 18.9 Å². The summed E-state index contributed by atoms with van der Waals surface area (Å²) in [6.45, 7) is 4.57. The topological polar surface area (TPSA) is 73.3 Å². The molecule has 0 aromatic heterocycles. The number of rotatable bonds is 11. The van der Waals surface area contributed by atoms with E-state index in [1.807, 2.05) is 24.3 Å². The van der Waals surface area contributed by atoms with Gasteiger partial charge in [0.15, 0.2) is 5.96 Å². The first-order valence-electron chi connectivity index (χ1n) is 9.22. The highest BCUT2D eigenvalue weighted by molar-refractivity contribution is 14.0. The van der Waals surface area contributed by atoms with E-state index in [1.54, 1.807) is 14.2 Å². The smallest absolute Gasteiger partial charge is 0.190 e. The van der Waals surface area contributed by atoms with Crippen LogP contribution in [0.3, 0.4) is 0 Å². The minimum atomic E-state index is 0. The van der Waals surface area contributed by atoms with E-state index in [9.17, 15) is 0 Å². The highest BCUT2D eigenvalue weighted by atomic mass is 127. The van der Waals surface area contributed by atoms with Crippen LogP contribution in [0.1, 0.15) is 19.3 Å². The summed E-state index contributed by atoms with van der Waals surface area (Å²) in [6, 6.07) is 7.60. The van der Waals surface area contributed by atoms with Crippen molar-refractivity contribution in [3.8, 4) is 11.5 Å². The van der Waals surface area contributed by atoms with Crippen LogP contribution >= 0.6 is 24.0 Å². The molecule has 1 aliphatic heterocycles. The average molecular weight is 493 g/mol. The van der Waals surface area contributed by atoms with Gasteiger partial charge < -0.3 is 29.6 Å². The molecule has 2 rings (SSSR count). The molecule has 1 fully saturated rings. The standard InChI is InChI=1S/C19H31N3O4.HI/c1-20-19(22-11-4-13-26-18-9-14-24-15-18)21-10-3-12-25-17-7-5-16(23-2)6-8-17;/h5-8,18H,3-4,9-15H2,1-2H3,(H2,20,21,22);1H. The number of nitrogens with zero attached hydrogens (tertiary/aromatic N) is 1. The van der Waals surface area contributed by atoms with Gasteiger partial charge in [-0.05, 0) is 43.5 Å². The van der Waals surface area contributed by atoms with Crippen molar-refractivity contribution < 1.29 is 18.9 Å². The van der Waals surface area contributed by atoms with Gasteiger partial charge in [-0.25, -0.2) is 0 Å². The van der Waals surface area contributed by atoms with Crippen molar-refractivity contribution >= 4 is 29.9 Å². The van der Waals surface area contributed by atoms with E-state index in [-0.39, 0.29) is 30.1 Å². The Labute approximate surface area is 179 Å². The Morgan fingerprint density at radius 1 is 1.11 bits per heavy atom. The molecule has 1 unspecified atom stereocenters. The van der Waals surface area contributed by atoms with Crippen LogP contribution in [0, 0.1) is 0 Å². The Morgan fingerprint density at radius 3 is 2.37 bits per heavy atom. The molecule has 1 atom stereocenters. The maximum Gasteiger partial charge on any atom is 0.190 e. The van der Waals surface area contributed by atoms with Crippen molar-refractivity contribution in [3.63, 3.8) is 0 Å². The average Bonchev–Trinajstić information content (AvgIpc) is 3.20. The van der Waals surface area contributed by atoms with Gasteiger partial charge in [-0.3, -0.25) is 4.99 Å². The molecule has 7 nitrogen and oxygen atoms in total. The number of ether oxygens (including phenoxy) is 4. The number of hydrogen-bond acceptors (Lipinski definition) is 5. The zero-order valence-corrected chi connectivity index (χ0v) is 18.6. The second-order valence-corrected chi connectivity index (χ2v) is 6.01. The molecule has 0 amide bonds. The van der Waals surface area contributed by atoms with Gasteiger partial charge in [0, 0.05) is 33.4 Å². The molecule has 1 aromatic rings. The normalized spacial score (nSPS) is 16.5. The summed E-state index contributed by atoms with van der Waals surface area (Å²) in [6.07, 6.45) is 3.11. The molecule has 1 aromatic carbocycles. The van der Waals surface area contributed by atoms with Crippen LogP contribution in [-0.2, 0) is 9.47 Å². The predicted octanol–water partition coefficient (Wildman–Crippen LogP) is 2.44. The summed E-state index contributed by atoms with van der Waals surface area (Å²) in [5, 5.41) is 6.57. The third kappa shape index (κ3) is 10.0. The van der Waals surface area contributed by atoms with Crippen molar-refractivity contribution in [1.82, 2.24) is 10.6 Å². The van der Waals surface area contributed by atoms with Crippen LogP contribution in [0.4, 0.5) is 0 Å². The molecule has 154 valence electrons. The molecule has 1 saturated heterocycles. The van der Waals surface area contributed by atoms with Crippen molar-refractivity contribution in [1.29, 1.82) is 0 Å². The van der Waals surface area contributed by atoms with E-state index in [0.29, 0.717) is 6.61 Å². The number of nitrogens with one attached hydrogen (secondary N) is 2. The fraction of sp³-hybridized carbons (Fsp3) is 0.632. The fourth-order valence-corrected chi connectivity index (χ4v) is 2.53. The summed E-state index contributed by atoms with van der Waals surface area (Å²) >= 11 is 0. The van der Waals surface area contributed by atoms with E-state index in [1.165, 1.54) is 0 Å². The van der Waals surface area contributed by atoms with Gasteiger partial charge in [0.25, 0.3) is 0 Å². The van der Waals surface area contributed by atoms with Crippen LogP contribution in [0.5, 0.6) is 11.5 Å². The highest BCUT2D eigenvalue weighted by Crippen LogP contribution is 2.16. The zero-order valence-electron chi connectivity index (χ0n) is 16.2. The quantitative estimate of drug-likeness (QED) is 0.214. The van der Waals surface area contributed by atoms with Crippen LogP contribution in [0.15, 0.2) is 29.3 Å². The number of benzene rings is 1. The fourth-order valence-electron chi connectivity index (χ4n) is 2.53. The summed E-state index contributed by atoms with van der Waals surface area (Å²) in [5.41, 5.74) is 0. The van der Waals surface area contributed by atoms with Gasteiger partial charge >= 0.3 is 0 Å². The van der Waals surface area contributed by atoms with Gasteiger partial charge in [-0.2, -0.15) is 0 Å².